The van der Waals surface area contributed by atoms with E-state index in [4.69, 9.17) is 38.7 Å². The second-order valence-corrected chi connectivity index (χ2v) is 15.1. The largest absolute Gasteiger partial charge is 0.479 e. The highest BCUT2D eigenvalue weighted by atomic mass is 127. The topological polar surface area (TPSA) is 250 Å². The average molecular weight is 828 g/mol. The minimum Gasteiger partial charge on any atom is -0.479 e. The molecule has 2 aromatic rings. The van der Waals surface area contributed by atoms with Crippen LogP contribution in [-0.2, 0) is 42.4 Å². The van der Waals surface area contributed by atoms with E-state index >= 15 is 0 Å². The van der Waals surface area contributed by atoms with Crippen molar-refractivity contribution in [2.45, 2.75) is 94.8 Å². The molecule has 0 spiro atoms. The van der Waals surface area contributed by atoms with Crippen molar-refractivity contribution < 1.29 is 57.3 Å². The zero-order valence-electron chi connectivity index (χ0n) is 27.6. The number of aliphatic hydroxyl groups is 2. The Kier molecular flexibility index (Phi) is 12.4. The van der Waals surface area contributed by atoms with Gasteiger partial charge in [0.05, 0.1) is 40.1 Å². The van der Waals surface area contributed by atoms with Crippen LogP contribution >= 0.6 is 30.3 Å². The predicted octanol–water partition coefficient (Wildman–Crippen LogP) is 0.556. The molecule has 0 amide bonds. The van der Waals surface area contributed by atoms with Crippen LogP contribution in [-0.4, -0.2) is 124 Å². The fraction of sp³-hybridized carbons (Fsp3) is 0.750. The maximum Gasteiger partial charge on any atom is 0.342 e. The van der Waals surface area contributed by atoms with E-state index in [0.29, 0.717) is 55.9 Å². The average Bonchev–Trinajstić information content (AvgIpc) is 3.50. The SMILES string of the molecule is COc1nc(N)nc2c1nc(I)n2[C@@H]1O[C@H](COP(=O)(N[C@@H](C)C(=O)OC2CCOCC2)N[C@@H](C)C(=O)OC2CCOCC2)[C@@H](O)[C@@]1(C)O. The van der Waals surface area contributed by atoms with Crippen molar-refractivity contribution in [1.29, 1.82) is 0 Å². The highest BCUT2D eigenvalue weighted by Crippen LogP contribution is 2.45. The van der Waals surface area contributed by atoms with Crippen LogP contribution in [0.1, 0.15) is 52.7 Å². The number of anilines is 1. The smallest absolute Gasteiger partial charge is 0.342 e. The first-order chi connectivity index (χ1) is 23.2. The van der Waals surface area contributed by atoms with Crippen molar-refractivity contribution in [2.75, 3.05) is 45.9 Å². The summed E-state index contributed by atoms with van der Waals surface area (Å²) in [5, 5.41) is 28.0. The van der Waals surface area contributed by atoms with E-state index in [9.17, 15) is 24.4 Å². The van der Waals surface area contributed by atoms with E-state index in [-0.39, 0.29) is 35.2 Å². The second-order valence-electron chi connectivity index (χ2n) is 12.3. The summed E-state index contributed by atoms with van der Waals surface area (Å²) in [5.74, 6) is -1.39. The molecule has 0 radical (unpaired) electrons. The van der Waals surface area contributed by atoms with E-state index in [1.807, 2.05) is 22.6 Å². The first-order valence-electron chi connectivity index (χ1n) is 15.9. The Morgan fingerprint density at radius 1 is 1.04 bits per heavy atom. The minimum absolute atomic E-state index is 0.101. The summed E-state index contributed by atoms with van der Waals surface area (Å²) in [6.45, 7) is 5.49. The lowest BCUT2D eigenvalue weighted by molar-refractivity contribution is -0.155. The third kappa shape index (κ3) is 8.79. The number of imidazole rings is 1. The van der Waals surface area contributed by atoms with Gasteiger partial charge in [0.25, 0.3) is 0 Å². The van der Waals surface area contributed by atoms with Gasteiger partial charge in [0.15, 0.2) is 21.2 Å². The Morgan fingerprint density at radius 2 is 1.57 bits per heavy atom. The van der Waals surface area contributed by atoms with Crippen molar-refractivity contribution in [3.63, 3.8) is 0 Å². The van der Waals surface area contributed by atoms with Gasteiger partial charge >= 0.3 is 19.6 Å². The molecule has 0 aromatic carbocycles. The van der Waals surface area contributed by atoms with Gasteiger partial charge in [-0.25, -0.2) is 15.2 Å². The summed E-state index contributed by atoms with van der Waals surface area (Å²) in [7, 11) is -2.92. The lowest BCUT2D eigenvalue weighted by Gasteiger charge is -2.29. The summed E-state index contributed by atoms with van der Waals surface area (Å²) in [6.07, 6.45) is -2.75. The quantitative estimate of drug-likeness (QED) is 0.0801. The summed E-state index contributed by atoms with van der Waals surface area (Å²) in [4.78, 5) is 38.7. The van der Waals surface area contributed by atoms with Gasteiger partial charge in [-0.2, -0.15) is 9.97 Å². The number of aromatic nitrogens is 4. The molecular weight excluding hydrogens is 784 g/mol. The summed E-state index contributed by atoms with van der Waals surface area (Å²) in [5.41, 5.74) is 4.36. The van der Waals surface area contributed by atoms with Crippen LogP contribution in [0.4, 0.5) is 5.95 Å². The molecule has 0 unspecified atom stereocenters. The predicted molar refractivity (Wildman–Crippen MR) is 178 cm³/mol. The number of aliphatic hydroxyl groups excluding tert-OH is 1. The van der Waals surface area contributed by atoms with Gasteiger partial charge in [0, 0.05) is 48.3 Å². The lowest BCUT2D eigenvalue weighted by Crippen LogP contribution is -2.46. The van der Waals surface area contributed by atoms with E-state index < -0.39 is 62.3 Å². The number of hydrogen-bond acceptors (Lipinski definition) is 16. The fourth-order valence-electron chi connectivity index (χ4n) is 5.67. The van der Waals surface area contributed by atoms with Crippen LogP contribution in [0, 0.1) is 3.83 Å². The highest BCUT2D eigenvalue weighted by molar-refractivity contribution is 14.1. The molecule has 274 valence electrons. The normalized spacial score (nSPS) is 26.8. The molecule has 3 aliphatic rings. The molecule has 0 aliphatic carbocycles. The molecule has 6 atom stereocenters. The van der Waals surface area contributed by atoms with Gasteiger partial charge in [-0.05, 0) is 20.8 Å². The number of fused-ring (bicyclic) bond motifs is 1. The summed E-state index contributed by atoms with van der Waals surface area (Å²) in [6, 6.07) is -2.30. The van der Waals surface area contributed by atoms with Crippen molar-refractivity contribution >= 4 is 59.3 Å². The number of carbonyl (C=O) groups excluding carboxylic acids is 2. The van der Waals surface area contributed by atoms with Gasteiger partial charge in [-0.3, -0.25) is 18.7 Å². The van der Waals surface area contributed by atoms with Crippen molar-refractivity contribution in [3.8, 4) is 5.88 Å². The highest BCUT2D eigenvalue weighted by Gasteiger charge is 2.55. The molecular formula is C28H43IN7O12P. The molecule has 3 aliphatic heterocycles. The standard InChI is InChI=1S/C28H43IN7O12P/c1-14(23(38)46-16-5-9-43-10-6-16)34-49(41,35-15(2)24(39)47-17-7-11-44-12-8-17)45-13-18-20(37)28(3,40)25(48-18)36-21-19(31-26(36)29)22(42-4)33-27(30)32-21/h14-18,20,25,37,40H,5-13H2,1-4H3,(H2,30,32,33)(H2,34,35,41)/t14-,15-,18+,20+,25+,28+/m0/s1. The molecule has 0 bridgehead atoms. The molecule has 0 saturated carbocycles. The molecule has 2 aromatic heterocycles. The maximum absolute atomic E-state index is 14.3. The van der Waals surface area contributed by atoms with Crippen LogP contribution in [0.2, 0.25) is 0 Å². The van der Waals surface area contributed by atoms with Crippen LogP contribution < -0.4 is 20.6 Å². The third-order valence-electron chi connectivity index (χ3n) is 8.42. The zero-order valence-corrected chi connectivity index (χ0v) is 30.6. The van der Waals surface area contributed by atoms with Crippen molar-refractivity contribution in [3.05, 3.63) is 3.83 Å². The molecule has 49 heavy (non-hydrogen) atoms. The van der Waals surface area contributed by atoms with E-state index in [1.165, 1.54) is 32.4 Å². The zero-order chi connectivity index (χ0) is 35.5. The Bertz CT molecular complexity index is 1490. The minimum atomic E-state index is -4.31. The molecule has 6 N–H and O–H groups in total. The number of esters is 2. The first-order valence-corrected chi connectivity index (χ1v) is 18.6. The number of nitrogen functional groups attached to an aromatic ring is 1. The van der Waals surface area contributed by atoms with Crippen LogP contribution in [0.25, 0.3) is 11.2 Å². The molecule has 21 heteroatoms. The number of nitrogens with zero attached hydrogens (tertiary/aromatic N) is 4. The number of carbonyl (C=O) groups is 2. The van der Waals surface area contributed by atoms with Gasteiger partial charge in [0.2, 0.25) is 11.8 Å². The lowest BCUT2D eigenvalue weighted by atomic mass is 9.96. The summed E-state index contributed by atoms with van der Waals surface area (Å²) >= 11 is 1.91. The number of methoxy groups -OCH3 is 1. The fourth-order valence-corrected chi connectivity index (χ4v) is 8.20. The number of rotatable bonds is 13. The van der Waals surface area contributed by atoms with Crippen LogP contribution in [0.5, 0.6) is 5.88 Å². The number of nitrogens with one attached hydrogen (secondary N) is 2. The Balaban J connectivity index is 1.33. The van der Waals surface area contributed by atoms with E-state index in [1.54, 1.807) is 0 Å². The number of hydrogen-bond donors (Lipinski definition) is 5. The third-order valence-corrected chi connectivity index (χ3v) is 11.1. The van der Waals surface area contributed by atoms with E-state index in [0.717, 1.165) is 0 Å². The molecule has 5 heterocycles. The van der Waals surface area contributed by atoms with Gasteiger partial charge in [0.1, 0.15) is 42.1 Å². The van der Waals surface area contributed by atoms with E-state index in [2.05, 4.69) is 25.1 Å². The van der Waals surface area contributed by atoms with Gasteiger partial charge in [-0.15, -0.1) is 0 Å². The number of nitrogens with two attached hydrogens (primary N) is 1. The molecule has 3 saturated heterocycles. The Morgan fingerprint density at radius 3 is 2.08 bits per heavy atom. The molecule has 19 nitrogen and oxygen atoms in total. The van der Waals surface area contributed by atoms with Gasteiger partial charge < -0.3 is 48.9 Å². The second kappa shape index (κ2) is 16.0. The maximum atomic E-state index is 14.3. The Labute approximate surface area is 295 Å². The monoisotopic (exact) mass is 827 g/mol. The van der Waals surface area contributed by atoms with Crippen LogP contribution in [0.3, 0.4) is 0 Å². The number of ether oxygens (including phenoxy) is 6. The van der Waals surface area contributed by atoms with Crippen molar-refractivity contribution in [1.82, 2.24) is 29.7 Å². The number of halogens is 1. The van der Waals surface area contributed by atoms with Crippen LogP contribution in [0.15, 0.2) is 0 Å². The molecule has 5 rings (SSSR count). The summed E-state index contributed by atoms with van der Waals surface area (Å²) < 4.78 is 55.1. The van der Waals surface area contributed by atoms with Gasteiger partial charge in [-0.1, -0.05) is 0 Å². The first kappa shape index (κ1) is 38.0. The Hall–Kier alpha value is -2.27. The van der Waals surface area contributed by atoms with Crippen molar-refractivity contribution in [2.24, 2.45) is 0 Å². The molecule has 3 fully saturated rings.